The number of anilines is 2. The zero-order valence-corrected chi connectivity index (χ0v) is 22.2. The minimum Gasteiger partial charge on any atom is -0.454 e. The summed E-state index contributed by atoms with van der Waals surface area (Å²) in [6.45, 7) is 0.164. The second-order valence-corrected chi connectivity index (χ2v) is 10.3. The molecular formula is C32H21BrN2O4. The fourth-order valence-electron chi connectivity index (χ4n) is 5.38. The lowest BCUT2D eigenvalue weighted by Crippen LogP contribution is -2.38. The molecule has 0 spiro atoms. The van der Waals surface area contributed by atoms with Crippen molar-refractivity contribution < 1.29 is 19.1 Å². The monoisotopic (exact) mass is 576 g/mol. The molecule has 7 rings (SSSR count). The molecule has 1 atom stereocenters. The molecule has 4 aromatic carbocycles. The van der Waals surface area contributed by atoms with Crippen LogP contribution in [0.25, 0.3) is 6.08 Å². The molecule has 4 aromatic rings. The molecule has 7 heteroatoms. The van der Waals surface area contributed by atoms with E-state index >= 15 is 0 Å². The predicted molar refractivity (Wildman–Crippen MR) is 152 cm³/mol. The summed E-state index contributed by atoms with van der Waals surface area (Å²) in [7, 11) is 0. The third-order valence-corrected chi connectivity index (χ3v) is 7.63. The number of hydrogen-bond acceptors (Lipinski definition) is 4. The second-order valence-electron chi connectivity index (χ2n) is 9.37. The first kappa shape index (κ1) is 23.5. The van der Waals surface area contributed by atoms with Crippen molar-refractivity contribution in [3.05, 3.63) is 136 Å². The Morgan fingerprint density at radius 3 is 2.13 bits per heavy atom. The fraction of sp³-hybridized carbons (Fsp3) is 0.0625. The Morgan fingerprint density at radius 1 is 0.744 bits per heavy atom. The van der Waals surface area contributed by atoms with Crippen LogP contribution in [0.1, 0.15) is 17.2 Å². The van der Waals surface area contributed by atoms with Crippen molar-refractivity contribution >= 4 is 45.2 Å². The summed E-state index contributed by atoms with van der Waals surface area (Å²) < 4.78 is 12.0. The second kappa shape index (κ2) is 9.29. The number of nitrogens with zero attached hydrogens (tertiary/aromatic N) is 2. The SMILES string of the molecule is O=C1C(=Cc2ccc3c(c2)OCO3)C2=C(C(=O)N(c3ccccc3)C2c2ccc(Br)cc2)N1c1ccccc1. The topological polar surface area (TPSA) is 59.1 Å². The summed E-state index contributed by atoms with van der Waals surface area (Å²) in [5.41, 5.74) is 4.60. The van der Waals surface area contributed by atoms with Crippen molar-refractivity contribution in [2.45, 2.75) is 6.04 Å². The van der Waals surface area contributed by atoms with Crippen molar-refractivity contribution in [3.8, 4) is 11.5 Å². The van der Waals surface area contributed by atoms with E-state index in [0.29, 0.717) is 34.0 Å². The highest BCUT2D eigenvalue weighted by molar-refractivity contribution is 9.10. The highest BCUT2D eigenvalue weighted by Crippen LogP contribution is 2.51. The van der Waals surface area contributed by atoms with E-state index in [2.05, 4.69) is 15.9 Å². The van der Waals surface area contributed by atoms with Crippen LogP contribution in [-0.4, -0.2) is 18.6 Å². The number of amides is 2. The molecule has 3 aliphatic heterocycles. The Morgan fingerprint density at radius 2 is 1.41 bits per heavy atom. The van der Waals surface area contributed by atoms with E-state index in [0.717, 1.165) is 21.3 Å². The summed E-state index contributed by atoms with van der Waals surface area (Å²) in [6, 6.07) is 31.9. The van der Waals surface area contributed by atoms with Gasteiger partial charge in [-0.1, -0.05) is 70.5 Å². The number of rotatable bonds is 4. The molecule has 0 N–H and O–H groups in total. The molecule has 0 bridgehead atoms. The number of carbonyl (C=O) groups is 2. The van der Waals surface area contributed by atoms with Crippen LogP contribution >= 0.6 is 15.9 Å². The van der Waals surface area contributed by atoms with E-state index in [1.54, 1.807) is 9.80 Å². The molecule has 2 amide bonds. The Labute approximate surface area is 233 Å². The largest absolute Gasteiger partial charge is 0.454 e. The summed E-state index contributed by atoms with van der Waals surface area (Å²) in [6.07, 6.45) is 1.84. The van der Waals surface area contributed by atoms with Gasteiger partial charge in [-0.15, -0.1) is 0 Å². The van der Waals surface area contributed by atoms with Crippen molar-refractivity contribution in [1.29, 1.82) is 0 Å². The van der Waals surface area contributed by atoms with Crippen LogP contribution in [-0.2, 0) is 9.59 Å². The van der Waals surface area contributed by atoms with E-state index < -0.39 is 6.04 Å². The van der Waals surface area contributed by atoms with Gasteiger partial charge in [-0.3, -0.25) is 19.4 Å². The van der Waals surface area contributed by atoms with Gasteiger partial charge in [0.05, 0.1) is 6.04 Å². The van der Waals surface area contributed by atoms with Crippen molar-refractivity contribution in [2.75, 3.05) is 16.6 Å². The molecule has 0 aromatic heterocycles. The first-order valence-electron chi connectivity index (χ1n) is 12.5. The molecular weight excluding hydrogens is 556 g/mol. The van der Waals surface area contributed by atoms with Gasteiger partial charge < -0.3 is 9.47 Å². The highest BCUT2D eigenvalue weighted by atomic mass is 79.9. The van der Waals surface area contributed by atoms with Gasteiger partial charge in [-0.05, 0) is 65.7 Å². The summed E-state index contributed by atoms with van der Waals surface area (Å²) in [5.74, 6) is 0.823. The first-order valence-corrected chi connectivity index (χ1v) is 13.3. The molecule has 190 valence electrons. The van der Waals surface area contributed by atoms with Crippen LogP contribution in [0.5, 0.6) is 11.5 Å². The molecule has 39 heavy (non-hydrogen) atoms. The number of hydrogen-bond donors (Lipinski definition) is 0. The molecule has 0 saturated heterocycles. The van der Waals surface area contributed by atoms with Crippen molar-refractivity contribution in [3.63, 3.8) is 0 Å². The average molecular weight is 577 g/mol. The number of halogens is 1. The molecule has 1 unspecified atom stereocenters. The Bertz CT molecular complexity index is 1680. The quantitative estimate of drug-likeness (QED) is 0.255. The fourth-order valence-corrected chi connectivity index (χ4v) is 5.65. The Balaban J connectivity index is 1.46. The van der Waals surface area contributed by atoms with Crippen LogP contribution in [0.3, 0.4) is 0 Å². The van der Waals surface area contributed by atoms with Gasteiger partial charge in [0.2, 0.25) is 6.79 Å². The molecule has 0 saturated carbocycles. The summed E-state index contributed by atoms with van der Waals surface area (Å²) >= 11 is 3.52. The highest BCUT2D eigenvalue weighted by Gasteiger charge is 2.52. The van der Waals surface area contributed by atoms with E-state index in [1.807, 2.05) is 109 Å². The molecule has 0 radical (unpaired) electrons. The van der Waals surface area contributed by atoms with Gasteiger partial charge in [0.25, 0.3) is 11.8 Å². The third-order valence-electron chi connectivity index (χ3n) is 7.10. The van der Waals surface area contributed by atoms with E-state index in [9.17, 15) is 9.59 Å². The minimum absolute atomic E-state index is 0.164. The number of benzene rings is 4. The Hall–Kier alpha value is -4.62. The number of para-hydroxylation sites is 2. The van der Waals surface area contributed by atoms with Gasteiger partial charge in [-0.25, -0.2) is 0 Å². The number of fused-ring (bicyclic) bond motifs is 1. The van der Waals surface area contributed by atoms with Crippen molar-refractivity contribution in [2.24, 2.45) is 0 Å². The van der Waals surface area contributed by atoms with Crippen molar-refractivity contribution in [1.82, 2.24) is 0 Å². The zero-order valence-electron chi connectivity index (χ0n) is 20.6. The predicted octanol–water partition coefficient (Wildman–Crippen LogP) is 6.65. The molecule has 0 fully saturated rings. The van der Waals surface area contributed by atoms with Crippen LogP contribution in [0, 0.1) is 0 Å². The average Bonchev–Trinajstić information content (AvgIpc) is 3.63. The van der Waals surface area contributed by atoms with Gasteiger partial charge >= 0.3 is 0 Å². The van der Waals surface area contributed by atoms with Gasteiger partial charge in [0, 0.05) is 27.0 Å². The lowest BCUT2D eigenvalue weighted by molar-refractivity contribution is -0.118. The molecule has 3 aliphatic rings. The smallest absolute Gasteiger partial charge is 0.276 e. The van der Waals surface area contributed by atoms with Gasteiger partial charge in [0.1, 0.15) is 5.70 Å². The van der Waals surface area contributed by atoms with Gasteiger partial charge in [0.15, 0.2) is 11.5 Å². The minimum atomic E-state index is -0.499. The molecule has 3 heterocycles. The zero-order chi connectivity index (χ0) is 26.5. The van der Waals surface area contributed by atoms with Gasteiger partial charge in [-0.2, -0.15) is 0 Å². The summed E-state index contributed by atoms with van der Waals surface area (Å²) in [4.78, 5) is 31.8. The maximum atomic E-state index is 14.3. The molecule has 0 aliphatic carbocycles. The third kappa shape index (κ3) is 3.85. The normalized spacial score (nSPS) is 18.9. The summed E-state index contributed by atoms with van der Waals surface area (Å²) in [5, 5.41) is 0. The van der Waals surface area contributed by atoms with E-state index in [-0.39, 0.29) is 18.6 Å². The molecule has 6 nitrogen and oxygen atoms in total. The lowest BCUT2D eigenvalue weighted by Gasteiger charge is -2.30. The maximum Gasteiger partial charge on any atom is 0.276 e. The lowest BCUT2D eigenvalue weighted by atomic mass is 9.93. The van der Waals surface area contributed by atoms with Crippen LogP contribution in [0.2, 0.25) is 0 Å². The Kier molecular flexibility index (Phi) is 5.60. The van der Waals surface area contributed by atoms with E-state index in [4.69, 9.17) is 9.47 Å². The number of carbonyl (C=O) groups excluding carboxylic acids is 2. The number of ether oxygens (including phenoxy) is 2. The van der Waals surface area contributed by atoms with Crippen LogP contribution < -0.4 is 19.3 Å². The standard InChI is InChI=1S/C32H21BrN2O4/c33-22-14-12-21(13-15-22)29-28-25(17-20-11-16-26-27(18-20)39-19-38-26)31(36)35(24-9-5-2-6-10-24)30(28)32(37)34(29)23-7-3-1-4-8-23/h1-18,29H,19H2. The maximum absolute atomic E-state index is 14.3. The van der Waals surface area contributed by atoms with E-state index in [1.165, 1.54) is 0 Å². The van der Waals surface area contributed by atoms with Crippen LogP contribution in [0.15, 0.2) is 124 Å². The van der Waals surface area contributed by atoms with Crippen LogP contribution in [0.4, 0.5) is 11.4 Å². The first-order chi connectivity index (χ1) is 19.1.